The standard InChI is InChI=1S/C11H22N2O2/c1-3-7-12-8-10(14)13-9-11(15-2)5-4-6-11/h12H,3-9H2,1-2H3,(H,13,14). The summed E-state index contributed by atoms with van der Waals surface area (Å²) in [5, 5.41) is 5.98. The van der Waals surface area contributed by atoms with Gasteiger partial charge in [-0.05, 0) is 32.2 Å². The number of carbonyl (C=O) groups excluding carboxylic acids is 1. The van der Waals surface area contributed by atoms with Gasteiger partial charge in [-0.25, -0.2) is 0 Å². The molecule has 0 aromatic carbocycles. The number of hydrogen-bond acceptors (Lipinski definition) is 3. The molecule has 0 spiro atoms. The van der Waals surface area contributed by atoms with Crippen molar-refractivity contribution in [2.75, 3.05) is 26.7 Å². The Balaban J connectivity index is 2.10. The van der Waals surface area contributed by atoms with Gasteiger partial charge in [-0.15, -0.1) is 0 Å². The van der Waals surface area contributed by atoms with E-state index in [1.54, 1.807) is 7.11 Å². The van der Waals surface area contributed by atoms with Crippen molar-refractivity contribution in [1.82, 2.24) is 10.6 Å². The molecule has 1 fully saturated rings. The summed E-state index contributed by atoms with van der Waals surface area (Å²) in [5.41, 5.74) is -0.0690. The minimum absolute atomic E-state index is 0.0618. The SMILES string of the molecule is CCCNCC(=O)NCC1(OC)CCC1. The molecule has 1 rings (SSSR count). The quantitative estimate of drug-likeness (QED) is 0.612. The lowest BCUT2D eigenvalue weighted by molar-refractivity contribution is -0.124. The zero-order chi connectivity index (χ0) is 11.1. The summed E-state index contributed by atoms with van der Waals surface area (Å²) in [7, 11) is 1.72. The van der Waals surface area contributed by atoms with Crippen molar-refractivity contribution >= 4 is 5.91 Å². The molecule has 0 unspecified atom stereocenters. The summed E-state index contributed by atoms with van der Waals surface area (Å²) in [4.78, 5) is 11.4. The largest absolute Gasteiger partial charge is 0.376 e. The first-order valence-electron chi connectivity index (χ1n) is 5.75. The first-order chi connectivity index (χ1) is 7.22. The number of hydrogen-bond donors (Lipinski definition) is 2. The van der Waals surface area contributed by atoms with E-state index in [0.29, 0.717) is 13.1 Å². The second-order valence-electron chi connectivity index (χ2n) is 4.19. The summed E-state index contributed by atoms with van der Waals surface area (Å²) >= 11 is 0. The van der Waals surface area contributed by atoms with Crippen molar-refractivity contribution in [3.05, 3.63) is 0 Å². The van der Waals surface area contributed by atoms with Gasteiger partial charge in [0.05, 0.1) is 12.1 Å². The fraction of sp³-hybridized carbons (Fsp3) is 0.909. The van der Waals surface area contributed by atoms with Gasteiger partial charge in [-0.2, -0.15) is 0 Å². The summed E-state index contributed by atoms with van der Waals surface area (Å²) in [5.74, 6) is 0.0618. The molecule has 0 radical (unpaired) electrons. The van der Waals surface area contributed by atoms with E-state index in [1.165, 1.54) is 6.42 Å². The lowest BCUT2D eigenvalue weighted by atomic mass is 9.80. The molecule has 4 nitrogen and oxygen atoms in total. The highest BCUT2D eigenvalue weighted by atomic mass is 16.5. The molecule has 1 aliphatic rings. The zero-order valence-corrected chi connectivity index (χ0v) is 9.77. The van der Waals surface area contributed by atoms with Crippen LogP contribution in [0.15, 0.2) is 0 Å². The molecule has 1 aliphatic carbocycles. The van der Waals surface area contributed by atoms with Crippen LogP contribution in [0.4, 0.5) is 0 Å². The van der Waals surface area contributed by atoms with Crippen LogP contribution in [0.1, 0.15) is 32.6 Å². The van der Waals surface area contributed by atoms with E-state index in [2.05, 4.69) is 17.6 Å². The Hall–Kier alpha value is -0.610. The molecule has 0 heterocycles. The van der Waals surface area contributed by atoms with Gasteiger partial charge < -0.3 is 15.4 Å². The van der Waals surface area contributed by atoms with Crippen LogP contribution >= 0.6 is 0 Å². The molecule has 0 atom stereocenters. The number of nitrogens with one attached hydrogen (secondary N) is 2. The van der Waals surface area contributed by atoms with Crippen molar-refractivity contribution in [3.63, 3.8) is 0 Å². The maximum Gasteiger partial charge on any atom is 0.234 e. The van der Waals surface area contributed by atoms with Crippen molar-refractivity contribution in [1.29, 1.82) is 0 Å². The van der Waals surface area contributed by atoms with E-state index in [0.717, 1.165) is 25.8 Å². The van der Waals surface area contributed by atoms with Crippen molar-refractivity contribution in [2.45, 2.75) is 38.2 Å². The second kappa shape index (κ2) is 6.08. The normalized spacial score (nSPS) is 18.3. The molecule has 0 aromatic rings. The monoisotopic (exact) mass is 214 g/mol. The average Bonchev–Trinajstić information content (AvgIpc) is 2.17. The Kier molecular flexibility index (Phi) is 5.05. The van der Waals surface area contributed by atoms with Crippen LogP contribution < -0.4 is 10.6 Å². The summed E-state index contributed by atoms with van der Waals surface area (Å²) in [6.07, 6.45) is 4.38. The van der Waals surface area contributed by atoms with Crippen molar-refractivity contribution in [3.8, 4) is 0 Å². The fourth-order valence-corrected chi connectivity index (χ4v) is 1.73. The third kappa shape index (κ3) is 3.80. The lowest BCUT2D eigenvalue weighted by Gasteiger charge is -2.40. The lowest BCUT2D eigenvalue weighted by Crippen LogP contribution is -2.50. The molecule has 0 bridgehead atoms. The van der Waals surface area contributed by atoms with Gasteiger partial charge in [0.15, 0.2) is 0 Å². The topological polar surface area (TPSA) is 50.4 Å². The molecule has 4 heteroatoms. The molecule has 2 N–H and O–H groups in total. The molecule has 0 saturated heterocycles. The Labute approximate surface area is 91.8 Å². The molecule has 1 saturated carbocycles. The van der Waals surface area contributed by atoms with Crippen LogP contribution in [0, 0.1) is 0 Å². The number of methoxy groups -OCH3 is 1. The van der Waals surface area contributed by atoms with Gasteiger partial charge in [0.25, 0.3) is 0 Å². The molecule has 1 amide bonds. The Bertz CT molecular complexity index is 197. The van der Waals surface area contributed by atoms with E-state index in [-0.39, 0.29) is 11.5 Å². The zero-order valence-electron chi connectivity index (χ0n) is 9.77. The Morgan fingerprint density at radius 1 is 1.47 bits per heavy atom. The average molecular weight is 214 g/mol. The maximum atomic E-state index is 11.4. The van der Waals surface area contributed by atoms with Crippen LogP contribution in [0.2, 0.25) is 0 Å². The highest BCUT2D eigenvalue weighted by molar-refractivity contribution is 5.78. The predicted octanol–water partition coefficient (Wildman–Crippen LogP) is 0.671. The summed E-state index contributed by atoms with van der Waals surface area (Å²) in [6, 6.07) is 0. The van der Waals surface area contributed by atoms with Gasteiger partial charge in [-0.1, -0.05) is 6.92 Å². The van der Waals surface area contributed by atoms with E-state index < -0.39 is 0 Å². The molecule has 88 valence electrons. The molecule has 0 aromatic heterocycles. The second-order valence-corrected chi connectivity index (χ2v) is 4.19. The van der Waals surface area contributed by atoms with Gasteiger partial charge in [-0.3, -0.25) is 4.79 Å². The summed E-state index contributed by atoms with van der Waals surface area (Å²) < 4.78 is 5.41. The molecule has 0 aliphatic heterocycles. The van der Waals surface area contributed by atoms with Crippen LogP contribution in [0.3, 0.4) is 0 Å². The van der Waals surface area contributed by atoms with Gasteiger partial charge in [0.2, 0.25) is 5.91 Å². The van der Waals surface area contributed by atoms with Gasteiger partial charge in [0, 0.05) is 13.7 Å². The first-order valence-corrected chi connectivity index (χ1v) is 5.75. The van der Waals surface area contributed by atoms with E-state index >= 15 is 0 Å². The van der Waals surface area contributed by atoms with Crippen molar-refractivity contribution in [2.24, 2.45) is 0 Å². The number of rotatable bonds is 7. The number of carbonyl (C=O) groups is 1. The number of ether oxygens (including phenoxy) is 1. The fourth-order valence-electron chi connectivity index (χ4n) is 1.73. The van der Waals surface area contributed by atoms with Gasteiger partial charge in [0.1, 0.15) is 0 Å². The van der Waals surface area contributed by atoms with Crippen LogP contribution in [0.5, 0.6) is 0 Å². The van der Waals surface area contributed by atoms with E-state index in [4.69, 9.17) is 4.74 Å². The minimum atomic E-state index is -0.0690. The van der Waals surface area contributed by atoms with E-state index in [1.807, 2.05) is 0 Å². The smallest absolute Gasteiger partial charge is 0.234 e. The predicted molar refractivity (Wildman–Crippen MR) is 59.8 cm³/mol. The Morgan fingerprint density at radius 2 is 2.20 bits per heavy atom. The maximum absolute atomic E-state index is 11.4. The summed E-state index contributed by atoms with van der Waals surface area (Å²) in [6.45, 7) is 4.03. The third-order valence-electron chi connectivity index (χ3n) is 3.02. The van der Waals surface area contributed by atoms with Crippen LogP contribution in [-0.4, -0.2) is 38.3 Å². The van der Waals surface area contributed by atoms with Gasteiger partial charge >= 0.3 is 0 Å². The van der Waals surface area contributed by atoms with Crippen LogP contribution in [-0.2, 0) is 9.53 Å². The Morgan fingerprint density at radius 3 is 2.67 bits per heavy atom. The van der Waals surface area contributed by atoms with Crippen molar-refractivity contribution < 1.29 is 9.53 Å². The molecule has 15 heavy (non-hydrogen) atoms. The minimum Gasteiger partial charge on any atom is -0.376 e. The first kappa shape index (κ1) is 12.5. The number of amides is 1. The highest BCUT2D eigenvalue weighted by Crippen LogP contribution is 2.34. The van der Waals surface area contributed by atoms with E-state index in [9.17, 15) is 4.79 Å². The third-order valence-corrected chi connectivity index (χ3v) is 3.02. The van der Waals surface area contributed by atoms with Crippen LogP contribution in [0.25, 0.3) is 0 Å². The molecular formula is C11H22N2O2. The molecular weight excluding hydrogens is 192 g/mol. The highest BCUT2D eigenvalue weighted by Gasteiger charge is 2.36.